The third kappa shape index (κ3) is 4.76. The van der Waals surface area contributed by atoms with Crippen LogP contribution in [0.3, 0.4) is 0 Å². The maximum Gasteiger partial charge on any atom is 0.101 e. The van der Waals surface area contributed by atoms with Crippen molar-refractivity contribution >= 4 is 0 Å². The normalized spacial score (nSPS) is 16.6. The van der Waals surface area contributed by atoms with Crippen molar-refractivity contribution in [3.05, 3.63) is 71.6 Å². The number of ether oxygens (including phenoxy) is 1. The molecule has 0 aromatic carbocycles. The van der Waals surface area contributed by atoms with Crippen LogP contribution in [0.2, 0.25) is 0 Å². The highest BCUT2D eigenvalue weighted by molar-refractivity contribution is 5.51. The van der Waals surface area contributed by atoms with Crippen molar-refractivity contribution in [3.8, 4) is 0 Å². The molecule has 1 aliphatic rings. The topological polar surface area (TPSA) is 35.2 Å². The van der Waals surface area contributed by atoms with E-state index in [1.54, 1.807) is 6.08 Å². The number of allylic oxidation sites excluding steroid dienone is 10. The van der Waals surface area contributed by atoms with Gasteiger partial charge in [0.15, 0.2) is 0 Å². The van der Waals surface area contributed by atoms with Gasteiger partial charge in [0.1, 0.15) is 5.76 Å². The SMILES string of the molecule is C=C/C=C\C(C1=CC=C(CN)CC=C1)=C(/C)OCC. The van der Waals surface area contributed by atoms with E-state index in [2.05, 4.69) is 30.9 Å². The Morgan fingerprint density at radius 1 is 1.47 bits per heavy atom. The van der Waals surface area contributed by atoms with Gasteiger partial charge in [0.25, 0.3) is 0 Å². The molecule has 0 unspecified atom stereocenters. The molecule has 2 heteroatoms. The van der Waals surface area contributed by atoms with Gasteiger partial charge < -0.3 is 10.5 Å². The highest BCUT2D eigenvalue weighted by Gasteiger charge is 2.06. The lowest BCUT2D eigenvalue weighted by Gasteiger charge is -2.10. The van der Waals surface area contributed by atoms with Gasteiger partial charge in [-0.05, 0) is 25.8 Å². The van der Waals surface area contributed by atoms with Gasteiger partial charge in [-0.25, -0.2) is 0 Å². The summed E-state index contributed by atoms with van der Waals surface area (Å²) in [7, 11) is 0. The van der Waals surface area contributed by atoms with Gasteiger partial charge in [-0.3, -0.25) is 0 Å². The van der Waals surface area contributed by atoms with Gasteiger partial charge in [-0.2, -0.15) is 0 Å². The van der Waals surface area contributed by atoms with Crippen LogP contribution in [0.4, 0.5) is 0 Å². The Morgan fingerprint density at radius 2 is 2.26 bits per heavy atom. The molecule has 0 aromatic rings. The highest BCUT2D eigenvalue weighted by atomic mass is 16.5. The molecule has 2 nitrogen and oxygen atoms in total. The number of hydrogen-bond donors (Lipinski definition) is 1. The molecule has 102 valence electrons. The van der Waals surface area contributed by atoms with Crippen LogP contribution in [0.25, 0.3) is 0 Å². The molecule has 0 fully saturated rings. The lowest BCUT2D eigenvalue weighted by atomic mass is 10.0. The van der Waals surface area contributed by atoms with Crippen molar-refractivity contribution in [2.75, 3.05) is 13.2 Å². The smallest absolute Gasteiger partial charge is 0.101 e. The van der Waals surface area contributed by atoms with E-state index in [0.717, 1.165) is 23.3 Å². The predicted molar refractivity (Wildman–Crippen MR) is 82.6 cm³/mol. The molecule has 0 bridgehead atoms. The zero-order valence-corrected chi connectivity index (χ0v) is 11.9. The summed E-state index contributed by atoms with van der Waals surface area (Å²) < 4.78 is 5.62. The Kier molecular flexibility index (Phi) is 6.69. The van der Waals surface area contributed by atoms with Crippen LogP contribution in [-0.2, 0) is 4.74 Å². The zero-order valence-electron chi connectivity index (χ0n) is 11.9. The molecule has 0 aliphatic heterocycles. The van der Waals surface area contributed by atoms with Crippen LogP contribution in [0.5, 0.6) is 0 Å². The summed E-state index contributed by atoms with van der Waals surface area (Å²) in [6, 6.07) is 0. The maximum absolute atomic E-state index is 5.69. The van der Waals surface area contributed by atoms with E-state index in [-0.39, 0.29) is 0 Å². The van der Waals surface area contributed by atoms with E-state index in [9.17, 15) is 0 Å². The second-order valence-electron chi connectivity index (χ2n) is 4.26. The first-order chi connectivity index (χ1) is 9.22. The molecule has 2 N–H and O–H groups in total. The standard InChI is InChI=1S/C17H23NO/c1-4-6-10-17(14(3)19-5-2)16-9-7-8-15(13-18)11-12-16/h4,6-7,9-12H,1,5,8,13,18H2,2-3H3/b10-6-,17-14-. The average Bonchev–Trinajstić information content (AvgIpc) is 2.65. The fraction of sp³-hybridized carbons (Fsp3) is 0.294. The maximum atomic E-state index is 5.69. The molecular weight excluding hydrogens is 234 g/mol. The summed E-state index contributed by atoms with van der Waals surface area (Å²) in [6.07, 6.45) is 15.1. The molecule has 0 aromatic heterocycles. The second-order valence-corrected chi connectivity index (χ2v) is 4.26. The summed E-state index contributed by atoms with van der Waals surface area (Å²) in [5.41, 5.74) is 9.12. The Morgan fingerprint density at radius 3 is 2.89 bits per heavy atom. The van der Waals surface area contributed by atoms with E-state index >= 15 is 0 Å². The molecule has 0 heterocycles. The largest absolute Gasteiger partial charge is 0.498 e. The summed E-state index contributed by atoms with van der Waals surface area (Å²) in [4.78, 5) is 0. The van der Waals surface area contributed by atoms with Crippen molar-refractivity contribution in [1.82, 2.24) is 0 Å². The number of hydrogen-bond acceptors (Lipinski definition) is 2. The van der Waals surface area contributed by atoms with E-state index in [4.69, 9.17) is 10.5 Å². The van der Waals surface area contributed by atoms with Gasteiger partial charge in [0.2, 0.25) is 0 Å². The quantitative estimate of drug-likeness (QED) is 0.580. The molecule has 0 atom stereocenters. The van der Waals surface area contributed by atoms with E-state index < -0.39 is 0 Å². The Labute approximate surface area is 116 Å². The number of rotatable bonds is 6. The monoisotopic (exact) mass is 257 g/mol. The second kappa shape index (κ2) is 8.33. The van der Waals surface area contributed by atoms with Gasteiger partial charge in [-0.1, -0.05) is 54.7 Å². The van der Waals surface area contributed by atoms with Crippen molar-refractivity contribution < 1.29 is 4.74 Å². The van der Waals surface area contributed by atoms with Gasteiger partial charge in [-0.15, -0.1) is 0 Å². The molecular formula is C17H23NO. The van der Waals surface area contributed by atoms with Crippen molar-refractivity contribution in [2.45, 2.75) is 20.3 Å². The molecule has 1 aliphatic carbocycles. The first kappa shape index (κ1) is 15.3. The predicted octanol–water partition coefficient (Wildman–Crippen LogP) is 3.81. The van der Waals surface area contributed by atoms with E-state index in [1.807, 2.05) is 26.0 Å². The van der Waals surface area contributed by atoms with Crippen molar-refractivity contribution in [2.24, 2.45) is 5.73 Å². The number of nitrogens with two attached hydrogens (primary N) is 1. The fourth-order valence-electron chi connectivity index (χ4n) is 1.87. The van der Waals surface area contributed by atoms with Crippen LogP contribution < -0.4 is 5.73 Å². The third-order valence-electron chi connectivity index (χ3n) is 2.89. The van der Waals surface area contributed by atoms with Crippen LogP contribution in [0.15, 0.2) is 71.6 Å². The molecule has 19 heavy (non-hydrogen) atoms. The third-order valence-corrected chi connectivity index (χ3v) is 2.89. The Hall–Kier alpha value is -1.80. The molecule has 0 saturated carbocycles. The summed E-state index contributed by atoms with van der Waals surface area (Å²) in [6.45, 7) is 8.95. The van der Waals surface area contributed by atoms with Crippen LogP contribution in [0, 0.1) is 0 Å². The Balaban J connectivity index is 3.14. The average molecular weight is 257 g/mol. The van der Waals surface area contributed by atoms with Crippen molar-refractivity contribution in [1.29, 1.82) is 0 Å². The molecule has 0 spiro atoms. The minimum absolute atomic E-state index is 0.597. The van der Waals surface area contributed by atoms with E-state index in [0.29, 0.717) is 13.2 Å². The van der Waals surface area contributed by atoms with Crippen LogP contribution >= 0.6 is 0 Å². The first-order valence-electron chi connectivity index (χ1n) is 6.62. The minimum atomic E-state index is 0.597. The fourth-order valence-corrected chi connectivity index (χ4v) is 1.87. The van der Waals surface area contributed by atoms with Crippen molar-refractivity contribution in [3.63, 3.8) is 0 Å². The van der Waals surface area contributed by atoms with Crippen LogP contribution in [0.1, 0.15) is 20.3 Å². The van der Waals surface area contributed by atoms with E-state index in [1.165, 1.54) is 5.57 Å². The minimum Gasteiger partial charge on any atom is -0.498 e. The molecule has 0 saturated heterocycles. The lowest BCUT2D eigenvalue weighted by molar-refractivity contribution is 0.229. The summed E-state index contributed by atoms with van der Waals surface area (Å²) in [5.74, 6) is 0.918. The van der Waals surface area contributed by atoms with Gasteiger partial charge >= 0.3 is 0 Å². The molecule has 0 amide bonds. The zero-order chi connectivity index (χ0) is 14.1. The summed E-state index contributed by atoms with van der Waals surface area (Å²) >= 11 is 0. The van der Waals surface area contributed by atoms with Gasteiger partial charge in [0.05, 0.1) is 6.61 Å². The lowest BCUT2D eigenvalue weighted by Crippen LogP contribution is -2.01. The van der Waals surface area contributed by atoms with Crippen LogP contribution in [-0.4, -0.2) is 13.2 Å². The highest BCUT2D eigenvalue weighted by Crippen LogP contribution is 2.22. The first-order valence-corrected chi connectivity index (χ1v) is 6.62. The molecule has 1 rings (SSSR count). The van der Waals surface area contributed by atoms with Gasteiger partial charge in [0, 0.05) is 12.1 Å². The molecule has 0 radical (unpaired) electrons. The summed E-state index contributed by atoms with van der Waals surface area (Å²) in [5, 5.41) is 0. The Bertz CT molecular complexity index is 462.